The molecule has 2 N–H and O–H groups in total. The number of pyridine rings is 1. The molecule has 1 unspecified atom stereocenters. The number of nitrogens with one attached hydrogen (secondary N) is 2. The number of nitrogens with zero attached hydrogens (tertiary/aromatic N) is 1. The normalized spacial score (nSPS) is 12.0. The molecule has 0 aliphatic carbocycles. The van der Waals surface area contributed by atoms with Gasteiger partial charge < -0.3 is 20.0 Å². The summed E-state index contributed by atoms with van der Waals surface area (Å²) in [7, 11) is 0. The fraction of sp³-hybridized carbons (Fsp3) is 0.300. The van der Waals surface area contributed by atoms with Crippen molar-refractivity contribution in [1.82, 2.24) is 10.3 Å². The van der Waals surface area contributed by atoms with Crippen molar-refractivity contribution in [2.45, 2.75) is 38.8 Å². The molecule has 8 heteroatoms. The first-order valence-corrected chi connectivity index (χ1v) is 8.65. The number of hydrogen-bond acceptors (Lipinski definition) is 6. The Labute approximate surface area is 162 Å². The van der Waals surface area contributed by atoms with Gasteiger partial charge in [0.15, 0.2) is 0 Å². The van der Waals surface area contributed by atoms with E-state index in [0.717, 1.165) is 0 Å². The molecule has 0 saturated heterocycles. The van der Waals surface area contributed by atoms with Crippen LogP contribution in [0.25, 0.3) is 0 Å². The third kappa shape index (κ3) is 6.71. The molecule has 1 aromatic carbocycles. The van der Waals surface area contributed by atoms with Crippen molar-refractivity contribution in [3.05, 3.63) is 59.9 Å². The molecule has 0 fully saturated rings. The number of ether oxygens (including phenoxy) is 1. The molecule has 0 radical (unpaired) electrons. The van der Waals surface area contributed by atoms with Gasteiger partial charge in [0.25, 0.3) is 5.91 Å². The lowest BCUT2D eigenvalue weighted by molar-refractivity contribution is -0.306. The maximum atomic E-state index is 12.6. The molecule has 1 heterocycles. The van der Waals surface area contributed by atoms with Gasteiger partial charge in [0.2, 0.25) is 0 Å². The van der Waals surface area contributed by atoms with E-state index < -0.39 is 36.0 Å². The van der Waals surface area contributed by atoms with Gasteiger partial charge in [0.05, 0.1) is 6.04 Å². The van der Waals surface area contributed by atoms with Crippen LogP contribution in [0, 0.1) is 0 Å². The quantitative estimate of drug-likeness (QED) is 0.786. The molecular weight excluding hydrogens is 362 g/mol. The lowest BCUT2D eigenvalue weighted by Gasteiger charge is -2.20. The van der Waals surface area contributed by atoms with Gasteiger partial charge in [-0.1, -0.05) is 12.1 Å². The molecule has 2 aromatic rings. The summed E-state index contributed by atoms with van der Waals surface area (Å²) in [5.74, 6) is -1.79. The Morgan fingerprint density at radius 3 is 2.54 bits per heavy atom. The third-order valence-electron chi connectivity index (χ3n) is 3.53. The van der Waals surface area contributed by atoms with E-state index in [9.17, 15) is 19.5 Å². The van der Waals surface area contributed by atoms with Crippen molar-refractivity contribution >= 4 is 23.7 Å². The summed E-state index contributed by atoms with van der Waals surface area (Å²) in [5.41, 5.74) is 0.518. The van der Waals surface area contributed by atoms with Crippen molar-refractivity contribution in [2.24, 2.45) is 0 Å². The predicted molar refractivity (Wildman–Crippen MR) is 100 cm³/mol. The van der Waals surface area contributed by atoms with Gasteiger partial charge >= 0.3 is 6.09 Å². The Balaban J connectivity index is 2.12. The van der Waals surface area contributed by atoms with Gasteiger partial charge in [-0.3, -0.25) is 15.1 Å². The summed E-state index contributed by atoms with van der Waals surface area (Å²) in [6.07, 6.45) is 1.99. The SMILES string of the molecule is CC(C)(C)OC(=O)Nc1cccc(C(=O)NC(CC(=O)[O-])c2cccnc2)c1. The fourth-order valence-corrected chi connectivity index (χ4v) is 2.40. The topological polar surface area (TPSA) is 120 Å². The Kier molecular flexibility index (Phi) is 6.70. The monoisotopic (exact) mass is 384 g/mol. The zero-order valence-electron chi connectivity index (χ0n) is 15.9. The number of aromatic nitrogens is 1. The standard InChI is InChI=1S/C20H23N3O5/c1-20(2,3)28-19(27)22-15-8-4-6-13(10-15)18(26)23-16(11-17(24)25)14-7-5-9-21-12-14/h4-10,12,16H,11H2,1-3H3,(H,22,27)(H,23,26)(H,24,25)/p-1. The number of carboxylic acid groups (broad SMARTS) is 1. The van der Waals surface area contributed by atoms with Crippen LogP contribution < -0.4 is 15.7 Å². The number of rotatable bonds is 6. The number of carbonyl (C=O) groups excluding carboxylic acids is 3. The summed E-state index contributed by atoms with van der Waals surface area (Å²) in [4.78, 5) is 39.5. The van der Waals surface area contributed by atoms with Crippen LogP contribution in [0.4, 0.5) is 10.5 Å². The first-order chi connectivity index (χ1) is 13.1. The number of amides is 2. The molecule has 1 aromatic heterocycles. The highest BCUT2D eigenvalue weighted by Gasteiger charge is 2.18. The van der Waals surface area contributed by atoms with Crippen LogP contribution in [-0.4, -0.2) is 28.6 Å². The van der Waals surface area contributed by atoms with E-state index in [0.29, 0.717) is 11.3 Å². The summed E-state index contributed by atoms with van der Waals surface area (Å²) < 4.78 is 5.18. The third-order valence-corrected chi connectivity index (χ3v) is 3.53. The van der Waals surface area contributed by atoms with Crippen LogP contribution in [0.5, 0.6) is 0 Å². The van der Waals surface area contributed by atoms with Gasteiger partial charge in [-0.15, -0.1) is 0 Å². The zero-order valence-corrected chi connectivity index (χ0v) is 15.9. The molecular formula is C20H22N3O5-. The minimum absolute atomic E-state index is 0.251. The summed E-state index contributed by atoms with van der Waals surface area (Å²) in [6.45, 7) is 5.23. The average Bonchev–Trinajstić information content (AvgIpc) is 2.60. The van der Waals surface area contributed by atoms with Crippen LogP contribution in [0.2, 0.25) is 0 Å². The summed E-state index contributed by atoms with van der Waals surface area (Å²) in [6, 6.07) is 8.75. The first-order valence-electron chi connectivity index (χ1n) is 8.65. The van der Waals surface area contributed by atoms with E-state index in [1.165, 1.54) is 12.3 Å². The van der Waals surface area contributed by atoms with E-state index in [4.69, 9.17) is 4.74 Å². The second-order valence-corrected chi connectivity index (χ2v) is 7.10. The lowest BCUT2D eigenvalue weighted by atomic mass is 10.0. The molecule has 0 aliphatic heterocycles. The van der Waals surface area contributed by atoms with E-state index in [1.807, 2.05) is 0 Å². The van der Waals surface area contributed by atoms with Crippen LogP contribution >= 0.6 is 0 Å². The number of hydrogen-bond donors (Lipinski definition) is 2. The van der Waals surface area contributed by atoms with Gasteiger partial charge in [-0.25, -0.2) is 4.79 Å². The summed E-state index contributed by atoms with van der Waals surface area (Å²) >= 11 is 0. The van der Waals surface area contributed by atoms with Crippen molar-refractivity contribution < 1.29 is 24.2 Å². The van der Waals surface area contributed by atoms with E-state index >= 15 is 0 Å². The average molecular weight is 384 g/mol. The second-order valence-electron chi connectivity index (χ2n) is 7.10. The highest BCUT2D eigenvalue weighted by Crippen LogP contribution is 2.18. The van der Waals surface area contributed by atoms with Gasteiger partial charge in [0, 0.05) is 36.0 Å². The maximum absolute atomic E-state index is 12.6. The predicted octanol–water partition coefficient (Wildman–Crippen LogP) is 2.04. The Morgan fingerprint density at radius 1 is 1.18 bits per heavy atom. The number of benzene rings is 1. The zero-order chi connectivity index (χ0) is 20.7. The molecule has 148 valence electrons. The van der Waals surface area contributed by atoms with Gasteiger partial charge in [-0.2, -0.15) is 0 Å². The van der Waals surface area contributed by atoms with Crippen molar-refractivity contribution in [1.29, 1.82) is 0 Å². The smallest absolute Gasteiger partial charge is 0.412 e. The van der Waals surface area contributed by atoms with Gasteiger partial charge in [0.1, 0.15) is 5.60 Å². The number of aliphatic carboxylic acids is 1. The number of carboxylic acids is 1. The Bertz CT molecular complexity index is 846. The van der Waals surface area contributed by atoms with Crippen LogP contribution in [0.15, 0.2) is 48.8 Å². The molecule has 8 nitrogen and oxygen atoms in total. The second kappa shape index (κ2) is 8.98. The van der Waals surface area contributed by atoms with Crippen molar-refractivity contribution in [2.75, 3.05) is 5.32 Å². The fourth-order valence-electron chi connectivity index (χ4n) is 2.40. The molecule has 2 amide bonds. The van der Waals surface area contributed by atoms with E-state index in [1.54, 1.807) is 57.3 Å². The highest BCUT2D eigenvalue weighted by atomic mass is 16.6. The van der Waals surface area contributed by atoms with Gasteiger partial charge in [-0.05, 0) is 50.6 Å². The molecule has 0 aliphatic rings. The molecule has 0 spiro atoms. The highest BCUT2D eigenvalue weighted by molar-refractivity contribution is 5.96. The van der Waals surface area contributed by atoms with Crippen LogP contribution in [-0.2, 0) is 9.53 Å². The molecule has 2 rings (SSSR count). The van der Waals surface area contributed by atoms with Crippen LogP contribution in [0.1, 0.15) is 49.2 Å². The number of anilines is 1. The minimum Gasteiger partial charge on any atom is -0.550 e. The lowest BCUT2D eigenvalue weighted by Crippen LogP contribution is -2.34. The van der Waals surface area contributed by atoms with Crippen LogP contribution in [0.3, 0.4) is 0 Å². The van der Waals surface area contributed by atoms with E-state index in [2.05, 4.69) is 15.6 Å². The summed E-state index contributed by atoms with van der Waals surface area (Å²) in [5, 5.41) is 16.3. The van der Waals surface area contributed by atoms with Crippen molar-refractivity contribution in [3.63, 3.8) is 0 Å². The molecule has 0 bridgehead atoms. The minimum atomic E-state index is -1.30. The number of carbonyl (C=O) groups is 3. The molecule has 0 saturated carbocycles. The molecule has 1 atom stereocenters. The largest absolute Gasteiger partial charge is 0.550 e. The van der Waals surface area contributed by atoms with E-state index in [-0.39, 0.29) is 5.56 Å². The maximum Gasteiger partial charge on any atom is 0.412 e. The first kappa shape index (κ1) is 20.9. The molecule has 28 heavy (non-hydrogen) atoms. The Morgan fingerprint density at radius 2 is 1.93 bits per heavy atom. The Hall–Kier alpha value is -3.42. The van der Waals surface area contributed by atoms with Crippen molar-refractivity contribution in [3.8, 4) is 0 Å².